The van der Waals surface area contributed by atoms with Gasteiger partial charge >= 0.3 is 0 Å². The van der Waals surface area contributed by atoms with Crippen molar-refractivity contribution in [3.8, 4) is 0 Å². The molecule has 1 aliphatic rings. The van der Waals surface area contributed by atoms with Gasteiger partial charge in [0.2, 0.25) is 0 Å². The molecule has 3 N–H and O–H groups in total. The van der Waals surface area contributed by atoms with E-state index in [4.69, 9.17) is 17.4 Å². The maximum absolute atomic E-state index is 11.3. The van der Waals surface area contributed by atoms with Gasteiger partial charge in [-0.15, -0.1) is 4.86 Å². The van der Waals surface area contributed by atoms with Crippen molar-refractivity contribution in [2.24, 2.45) is 11.1 Å². The van der Waals surface area contributed by atoms with Crippen LogP contribution in [0.3, 0.4) is 0 Å². The van der Waals surface area contributed by atoms with E-state index in [-0.39, 0.29) is 0 Å². The molecular weight excluding hydrogens is 206 g/mol. The molecule has 0 unspecified atom stereocenters. The van der Waals surface area contributed by atoms with E-state index in [1.54, 1.807) is 18.2 Å². The number of hydrazine groups is 2. The fourth-order valence-corrected chi connectivity index (χ4v) is 1.47. The summed E-state index contributed by atoms with van der Waals surface area (Å²) < 4.78 is 0. The molecule has 0 aromatic heterocycles. The van der Waals surface area contributed by atoms with Crippen molar-refractivity contribution in [2.45, 2.75) is 6.54 Å². The molecular formula is C7H8ClN5O. The fourth-order valence-electron chi connectivity index (χ4n) is 1.28. The Hall–Kier alpha value is -1.37. The third-order valence-corrected chi connectivity index (χ3v) is 2.14. The van der Waals surface area contributed by atoms with Gasteiger partial charge in [0.25, 0.3) is 0 Å². The molecule has 0 saturated carbocycles. The Labute approximate surface area is 85.1 Å². The molecule has 6 nitrogen and oxygen atoms in total. The second-order valence-corrected chi connectivity index (χ2v) is 3.26. The van der Waals surface area contributed by atoms with E-state index in [0.717, 1.165) is 5.56 Å². The van der Waals surface area contributed by atoms with Crippen LogP contribution >= 0.6 is 11.6 Å². The van der Waals surface area contributed by atoms with Crippen molar-refractivity contribution in [1.29, 1.82) is 0 Å². The summed E-state index contributed by atoms with van der Waals surface area (Å²) in [6.07, 6.45) is 0. The zero-order valence-electron chi connectivity index (χ0n) is 7.14. The van der Waals surface area contributed by atoms with Gasteiger partial charge in [0.1, 0.15) is 5.22 Å². The molecule has 0 atom stereocenters. The second-order valence-electron chi connectivity index (χ2n) is 2.82. The number of rotatable bonds is 1. The van der Waals surface area contributed by atoms with Gasteiger partial charge in [0.05, 0.1) is 0 Å². The highest BCUT2D eigenvalue weighted by Gasteiger charge is 2.21. The summed E-state index contributed by atoms with van der Waals surface area (Å²) in [6.45, 7) is 0.408. The standard InChI is InChI=1S/C7H8ClN5O/c8-6-1-2-7-5(3-6)4-12(10-9)11-13(7)14/h1-3,10H,4,9H2. The van der Waals surface area contributed by atoms with Crippen LogP contribution in [0.25, 0.3) is 0 Å². The zero-order chi connectivity index (χ0) is 10.1. The normalized spacial score (nSPS) is 15.0. The molecule has 1 heterocycles. The van der Waals surface area contributed by atoms with Crippen molar-refractivity contribution in [3.63, 3.8) is 0 Å². The largest absolute Gasteiger partial charge is 0.691 e. The molecule has 74 valence electrons. The minimum absolute atomic E-state index is 0.408. The summed E-state index contributed by atoms with van der Waals surface area (Å²) >= 11 is 5.79. The summed E-state index contributed by atoms with van der Waals surface area (Å²) in [6, 6.07) is 4.98. The lowest BCUT2D eigenvalue weighted by atomic mass is 10.2. The van der Waals surface area contributed by atoms with E-state index in [9.17, 15) is 5.21 Å². The van der Waals surface area contributed by atoms with Crippen molar-refractivity contribution in [2.75, 3.05) is 0 Å². The van der Waals surface area contributed by atoms with Crippen molar-refractivity contribution in [1.82, 2.24) is 10.7 Å². The Morgan fingerprint density at radius 2 is 2.43 bits per heavy atom. The Morgan fingerprint density at radius 3 is 3.14 bits per heavy atom. The Bertz CT molecular complexity index is 394. The summed E-state index contributed by atoms with van der Waals surface area (Å²) in [7, 11) is 0. The van der Waals surface area contributed by atoms with E-state index in [0.29, 0.717) is 22.1 Å². The number of nitrogens with two attached hydrogens (primary N) is 1. The number of halogens is 1. The molecule has 0 amide bonds. The molecule has 14 heavy (non-hydrogen) atoms. The van der Waals surface area contributed by atoms with Gasteiger partial charge in [0, 0.05) is 10.6 Å². The van der Waals surface area contributed by atoms with Gasteiger partial charge in [0.15, 0.2) is 12.2 Å². The van der Waals surface area contributed by atoms with Crippen LogP contribution in [0.4, 0.5) is 5.69 Å². The van der Waals surface area contributed by atoms with Crippen LogP contribution in [0.5, 0.6) is 0 Å². The van der Waals surface area contributed by atoms with Gasteiger partial charge in [-0.2, -0.15) is 0 Å². The Morgan fingerprint density at radius 1 is 1.64 bits per heavy atom. The molecule has 0 saturated heterocycles. The van der Waals surface area contributed by atoms with E-state index < -0.39 is 0 Å². The van der Waals surface area contributed by atoms with E-state index >= 15 is 0 Å². The average Bonchev–Trinajstić information content (AvgIpc) is 2.16. The first-order valence-electron chi connectivity index (χ1n) is 3.92. The predicted molar refractivity (Wildman–Crippen MR) is 50.0 cm³/mol. The smallest absolute Gasteiger partial charge is 0.161 e. The number of nitrogens with one attached hydrogen (secondary N) is 1. The minimum atomic E-state index is 0.408. The second kappa shape index (κ2) is 3.41. The highest BCUT2D eigenvalue weighted by Crippen LogP contribution is 2.27. The summed E-state index contributed by atoms with van der Waals surface area (Å²) in [5, 5.41) is 16.7. The number of hydrogen-bond donors (Lipinski definition) is 2. The third kappa shape index (κ3) is 1.50. The number of fused-ring (bicyclic) bond motifs is 1. The summed E-state index contributed by atoms with van der Waals surface area (Å²) in [4.78, 5) is 0.495. The summed E-state index contributed by atoms with van der Waals surface area (Å²) in [5.74, 6) is 5.14. The quantitative estimate of drug-likeness (QED) is 0.316. The fraction of sp³-hybridized carbons (Fsp3) is 0.143. The lowest BCUT2D eigenvalue weighted by Gasteiger charge is -2.19. The van der Waals surface area contributed by atoms with Crippen molar-refractivity contribution < 1.29 is 4.86 Å². The maximum Gasteiger partial charge on any atom is 0.161 e. The molecule has 0 aliphatic carbocycles. The number of hydrogen-bond acceptors (Lipinski definition) is 5. The molecule has 0 radical (unpaired) electrons. The molecule has 1 aliphatic heterocycles. The van der Waals surface area contributed by atoms with Crippen LogP contribution in [-0.2, 0) is 6.54 Å². The highest BCUT2D eigenvalue weighted by molar-refractivity contribution is 6.30. The lowest BCUT2D eigenvalue weighted by Crippen LogP contribution is -2.40. The van der Waals surface area contributed by atoms with Crippen LogP contribution in [-0.4, -0.2) is 9.98 Å². The molecule has 2 rings (SSSR count). The van der Waals surface area contributed by atoms with Crippen molar-refractivity contribution in [3.05, 3.63) is 34.0 Å². The topological polar surface area (TPSA) is 79.7 Å². The van der Waals surface area contributed by atoms with Crippen LogP contribution in [0.1, 0.15) is 5.56 Å². The number of benzene rings is 1. The first-order valence-corrected chi connectivity index (χ1v) is 4.29. The zero-order valence-corrected chi connectivity index (χ0v) is 7.90. The molecule has 1 aromatic carbocycles. The highest BCUT2D eigenvalue weighted by atomic mass is 35.5. The Kier molecular flexibility index (Phi) is 2.24. The van der Waals surface area contributed by atoms with Gasteiger partial charge in [-0.1, -0.05) is 22.3 Å². The monoisotopic (exact) mass is 213 g/mol. The van der Waals surface area contributed by atoms with Crippen molar-refractivity contribution >= 4 is 17.3 Å². The van der Waals surface area contributed by atoms with Crippen LogP contribution in [0.15, 0.2) is 23.4 Å². The van der Waals surface area contributed by atoms with E-state index in [1.807, 2.05) is 0 Å². The molecule has 0 spiro atoms. The molecule has 0 fully saturated rings. The van der Waals surface area contributed by atoms with Gasteiger partial charge in [-0.3, -0.25) is 0 Å². The third-order valence-electron chi connectivity index (χ3n) is 1.91. The van der Waals surface area contributed by atoms with Crippen LogP contribution in [0.2, 0.25) is 5.02 Å². The SMILES string of the molecule is NNN1Cc2cc(Cl)ccc2[N+]([O-])=N1. The average molecular weight is 214 g/mol. The first kappa shape index (κ1) is 9.20. The van der Waals surface area contributed by atoms with Gasteiger partial charge in [-0.25, -0.2) is 5.84 Å². The molecule has 0 bridgehead atoms. The predicted octanol–water partition coefficient (Wildman–Crippen LogP) is 1.04. The maximum atomic E-state index is 11.3. The van der Waals surface area contributed by atoms with E-state index in [2.05, 4.69) is 10.8 Å². The van der Waals surface area contributed by atoms with Gasteiger partial charge in [-0.05, 0) is 18.2 Å². The molecule has 7 heteroatoms. The Balaban J connectivity index is 2.45. The first-order chi connectivity index (χ1) is 6.70. The molecule has 1 aromatic rings. The lowest BCUT2D eigenvalue weighted by molar-refractivity contribution is -0.472. The van der Waals surface area contributed by atoms with Gasteiger partial charge < -0.3 is 5.21 Å². The summed E-state index contributed by atoms with van der Waals surface area (Å²) in [5.41, 5.74) is 3.54. The number of nitrogens with zero attached hydrogens (tertiary/aromatic N) is 3. The van der Waals surface area contributed by atoms with Crippen LogP contribution in [0, 0.1) is 5.21 Å². The minimum Gasteiger partial charge on any atom is -0.691 e. The van der Waals surface area contributed by atoms with E-state index in [1.165, 1.54) is 5.12 Å². The van der Waals surface area contributed by atoms with Crippen LogP contribution < -0.4 is 11.4 Å².